The van der Waals surface area contributed by atoms with Crippen LogP contribution in [0.15, 0.2) is 12.1 Å². The molecule has 0 radical (unpaired) electrons. The Hall–Kier alpha value is -2.98. The van der Waals surface area contributed by atoms with E-state index in [1.165, 1.54) is 5.48 Å². The molecule has 106 valence electrons. The summed E-state index contributed by atoms with van der Waals surface area (Å²) >= 11 is 0. The third kappa shape index (κ3) is 2.55. The van der Waals surface area contributed by atoms with Crippen molar-refractivity contribution in [3.63, 3.8) is 0 Å². The topological polar surface area (TPSA) is 173 Å². The fourth-order valence-corrected chi connectivity index (χ4v) is 1.54. The third-order valence-electron chi connectivity index (χ3n) is 2.32. The maximum absolute atomic E-state index is 11.4. The molecule has 0 aliphatic heterocycles. The maximum atomic E-state index is 11.4. The average Bonchev–Trinajstić information content (AvgIpc) is 2.43. The van der Waals surface area contributed by atoms with Gasteiger partial charge in [-0.15, -0.1) is 0 Å². The van der Waals surface area contributed by atoms with Gasteiger partial charge >= 0.3 is 11.9 Å². The van der Waals surface area contributed by atoms with E-state index in [9.17, 15) is 19.2 Å². The molecule has 0 atom stereocenters. The van der Waals surface area contributed by atoms with Gasteiger partial charge in [-0.2, -0.15) is 0 Å². The number of carboxylic acid groups (broad SMARTS) is 2. The SMILES string of the molecule is O=C(O)c1ccc(C(=O)NO)c(C(=O)O)c1C(=O)NO. The van der Waals surface area contributed by atoms with Crippen LogP contribution in [0.2, 0.25) is 0 Å². The molecule has 0 bridgehead atoms. The lowest BCUT2D eigenvalue weighted by atomic mass is 9.94. The molecule has 1 aromatic carbocycles. The number of carbonyl (C=O) groups excluding carboxylic acids is 2. The van der Waals surface area contributed by atoms with Gasteiger partial charge in [0.05, 0.1) is 22.3 Å². The van der Waals surface area contributed by atoms with E-state index in [0.717, 1.165) is 17.6 Å². The number of hydrogen-bond acceptors (Lipinski definition) is 6. The van der Waals surface area contributed by atoms with E-state index < -0.39 is 46.0 Å². The largest absolute Gasteiger partial charge is 0.478 e. The van der Waals surface area contributed by atoms with Crippen molar-refractivity contribution < 1.29 is 39.8 Å². The molecular weight excluding hydrogens is 276 g/mol. The van der Waals surface area contributed by atoms with Crippen LogP contribution in [0.1, 0.15) is 41.4 Å². The Morgan fingerprint density at radius 3 is 1.65 bits per heavy atom. The smallest absolute Gasteiger partial charge is 0.337 e. The van der Waals surface area contributed by atoms with Crippen molar-refractivity contribution in [2.45, 2.75) is 0 Å². The first-order chi connectivity index (χ1) is 9.34. The Morgan fingerprint density at radius 2 is 1.25 bits per heavy atom. The van der Waals surface area contributed by atoms with Crippen molar-refractivity contribution in [3.05, 3.63) is 34.4 Å². The number of hydrogen-bond donors (Lipinski definition) is 6. The van der Waals surface area contributed by atoms with Crippen LogP contribution < -0.4 is 11.0 Å². The minimum absolute atomic E-state index is 0.649. The lowest BCUT2D eigenvalue weighted by molar-refractivity contribution is 0.0633. The van der Waals surface area contributed by atoms with E-state index in [1.54, 1.807) is 0 Å². The molecule has 0 aliphatic carbocycles. The summed E-state index contributed by atoms with van der Waals surface area (Å²) < 4.78 is 0. The number of nitrogens with one attached hydrogen (secondary N) is 2. The molecule has 10 heteroatoms. The van der Waals surface area contributed by atoms with E-state index in [4.69, 9.17) is 20.6 Å². The van der Waals surface area contributed by atoms with Gasteiger partial charge in [0.1, 0.15) is 0 Å². The van der Waals surface area contributed by atoms with Crippen LogP contribution in [0.25, 0.3) is 0 Å². The number of hydroxylamine groups is 2. The molecule has 0 saturated heterocycles. The summed E-state index contributed by atoms with van der Waals surface area (Å²) in [7, 11) is 0. The maximum Gasteiger partial charge on any atom is 0.337 e. The fraction of sp³-hybridized carbons (Fsp3) is 0. The van der Waals surface area contributed by atoms with Crippen LogP contribution >= 0.6 is 0 Å². The Kier molecular flexibility index (Phi) is 4.35. The summed E-state index contributed by atoms with van der Waals surface area (Å²) in [5.41, 5.74) is -1.01. The number of aromatic carboxylic acids is 2. The van der Waals surface area contributed by atoms with Crippen LogP contribution in [0.5, 0.6) is 0 Å². The van der Waals surface area contributed by atoms with Crippen LogP contribution in [-0.2, 0) is 0 Å². The van der Waals surface area contributed by atoms with E-state index in [0.29, 0.717) is 0 Å². The van der Waals surface area contributed by atoms with Gasteiger partial charge in [0, 0.05) is 0 Å². The molecule has 20 heavy (non-hydrogen) atoms. The molecule has 2 amide bonds. The second-order valence-corrected chi connectivity index (χ2v) is 3.40. The van der Waals surface area contributed by atoms with Crippen LogP contribution in [0.4, 0.5) is 0 Å². The number of carboxylic acids is 2. The van der Waals surface area contributed by atoms with Crippen molar-refractivity contribution in [1.82, 2.24) is 11.0 Å². The van der Waals surface area contributed by atoms with Crippen molar-refractivity contribution >= 4 is 23.8 Å². The highest BCUT2D eigenvalue weighted by Gasteiger charge is 2.29. The van der Waals surface area contributed by atoms with Crippen molar-refractivity contribution in [3.8, 4) is 0 Å². The quantitative estimate of drug-likeness (QED) is 0.311. The minimum Gasteiger partial charge on any atom is -0.478 e. The van der Waals surface area contributed by atoms with Crippen molar-refractivity contribution in [2.24, 2.45) is 0 Å². The Labute approximate surface area is 110 Å². The summed E-state index contributed by atoms with van der Waals surface area (Å²) in [6.45, 7) is 0. The molecular formula is C10H8N2O8. The molecule has 0 aromatic heterocycles. The average molecular weight is 284 g/mol. The highest BCUT2D eigenvalue weighted by atomic mass is 16.5. The molecule has 0 spiro atoms. The highest BCUT2D eigenvalue weighted by molar-refractivity contribution is 6.16. The van der Waals surface area contributed by atoms with Gasteiger partial charge in [0.2, 0.25) is 0 Å². The number of amides is 2. The number of rotatable bonds is 4. The Bertz CT molecular complexity index is 610. The van der Waals surface area contributed by atoms with Crippen LogP contribution in [0.3, 0.4) is 0 Å². The molecule has 0 unspecified atom stereocenters. The molecule has 0 heterocycles. The minimum atomic E-state index is -1.79. The summed E-state index contributed by atoms with van der Waals surface area (Å²) in [4.78, 5) is 44.9. The fourth-order valence-electron chi connectivity index (χ4n) is 1.54. The summed E-state index contributed by atoms with van der Waals surface area (Å²) in [5.74, 6) is -6.11. The molecule has 0 aliphatic rings. The first-order valence-electron chi connectivity index (χ1n) is 4.87. The van der Waals surface area contributed by atoms with Crippen LogP contribution in [0, 0.1) is 0 Å². The van der Waals surface area contributed by atoms with Gasteiger partial charge < -0.3 is 10.2 Å². The predicted octanol–water partition coefficient (Wildman–Crippen LogP) is -0.679. The lowest BCUT2D eigenvalue weighted by Crippen LogP contribution is -2.29. The molecule has 1 aromatic rings. The second kappa shape index (κ2) is 5.77. The standard InChI is InChI=1S/C10H8N2O8/c13-7(11-19)3-1-2-4(9(15)16)5(8(14)12-20)6(3)10(17)18/h1-2,19-20H,(H,11,13)(H,12,14)(H,15,16)(H,17,18). The highest BCUT2D eigenvalue weighted by Crippen LogP contribution is 2.20. The number of benzene rings is 1. The van der Waals surface area contributed by atoms with Gasteiger partial charge in [-0.25, -0.2) is 20.5 Å². The zero-order chi connectivity index (χ0) is 15.4. The Morgan fingerprint density at radius 1 is 0.750 bits per heavy atom. The summed E-state index contributed by atoms with van der Waals surface area (Å²) in [6, 6.07) is 1.61. The summed E-state index contributed by atoms with van der Waals surface area (Å²) in [5, 5.41) is 35.0. The first-order valence-corrected chi connectivity index (χ1v) is 4.87. The predicted molar refractivity (Wildman–Crippen MR) is 58.9 cm³/mol. The molecule has 0 fully saturated rings. The van der Waals surface area contributed by atoms with E-state index >= 15 is 0 Å². The molecule has 1 rings (SSSR count). The zero-order valence-corrected chi connectivity index (χ0v) is 9.58. The van der Waals surface area contributed by atoms with Gasteiger partial charge in [0.15, 0.2) is 0 Å². The normalized spacial score (nSPS) is 9.70. The van der Waals surface area contributed by atoms with Gasteiger partial charge in [-0.05, 0) is 12.1 Å². The van der Waals surface area contributed by atoms with E-state index in [1.807, 2.05) is 0 Å². The molecule has 10 nitrogen and oxygen atoms in total. The monoisotopic (exact) mass is 284 g/mol. The number of carbonyl (C=O) groups is 4. The van der Waals surface area contributed by atoms with Gasteiger partial charge in [-0.3, -0.25) is 20.0 Å². The van der Waals surface area contributed by atoms with E-state index in [2.05, 4.69) is 0 Å². The first kappa shape index (κ1) is 15.1. The van der Waals surface area contributed by atoms with E-state index in [-0.39, 0.29) is 0 Å². The van der Waals surface area contributed by atoms with Gasteiger partial charge in [0.25, 0.3) is 11.8 Å². The second-order valence-electron chi connectivity index (χ2n) is 3.40. The van der Waals surface area contributed by atoms with Crippen molar-refractivity contribution in [2.75, 3.05) is 0 Å². The third-order valence-corrected chi connectivity index (χ3v) is 2.32. The lowest BCUT2D eigenvalue weighted by Gasteiger charge is -2.11. The molecule has 0 saturated carbocycles. The molecule has 6 N–H and O–H groups in total. The van der Waals surface area contributed by atoms with Crippen molar-refractivity contribution in [1.29, 1.82) is 0 Å². The Balaban J connectivity index is 3.79. The summed E-state index contributed by atoms with van der Waals surface area (Å²) in [6.07, 6.45) is 0. The van der Waals surface area contributed by atoms with Gasteiger partial charge in [-0.1, -0.05) is 0 Å². The van der Waals surface area contributed by atoms with Crippen LogP contribution in [-0.4, -0.2) is 44.4 Å². The zero-order valence-electron chi connectivity index (χ0n) is 9.58.